The van der Waals surface area contributed by atoms with Crippen LogP contribution >= 0.6 is 27.5 Å². The summed E-state index contributed by atoms with van der Waals surface area (Å²) in [7, 11) is 0. The lowest BCUT2D eigenvalue weighted by Crippen LogP contribution is -2.12. The van der Waals surface area contributed by atoms with Gasteiger partial charge in [-0.1, -0.05) is 39.7 Å². The summed E-state index contributed by atoms with van der Waals surface area (Å²) in [6, 6.07) is 13.2. The van der Waals surface area contributed by atoms with Gasteiger partial charge in [0.15, 0.2) is 0 Å². The Labute approximate surface area is 126 Å². The van der Waals surface area contributed by atoms with Crippen molar-refractivity contribution in [3.05, 3.63) is 63.1 Å². The molecule has 0 saturated heterocycles. The fourth-order valence-electron chi connectivity index (χ4n) is 1.83. The molecule has 0 radical (unpaired) electrons. The Hall–Kier alpha value is -1.03. The van der Waals surface area contributed by atoms with Gasteiger partial charge in [0, 0.05) is 21.7 Å². The molecule has 1 unspecified atom stereocenters. The minimum Gasteiger partial charge on any atom is -0.387 e. The Bertz CT molecular complexity index is 557. The van der Waals surface area contributed by atoms with Gasteiger partial charge in [-0.2, -0.15) is 0 Å². The van der Waals surface area contributed by atoms with E-state index < -0.39 is 6.10 Å². The number of nitrogens with one attached hydrogen (secondary N) is 1. The largest absolute Gasteiger partial charge is 0.387 e. The van der Waals surface area contributed by atoms with Gasteiger partial charge in [-0.3, -0.25) is 0 Å². The highest BCUT2D eigenvalue weighted by atomic mass is 79.9. The molecular weight excluding hydrogens is 326 g/mol. The summed E-state index contributed by atoms with van der Waals surface area (Å²) in [4.78, 5) is 0. The molecule has 2 aromatic rings. The fourth-order valence-corrected chi connectivity index (χ4v) is 2.44. The van der Waals surface area contributed by atoms with Crippen LogP contribution in [0.4, 0.5) is 5.69 Å². The SMILES string of the molecule is Cc1cc(Br)ccc1NCC(O)c1ccc(Cl)cc1. The van der Waals surface area contributed by atoms with Crippen LogP contribution in [0.1, 0.15) is 17.2 Å². The summed E-state index contributed by atoms with van der Waals surface area (Å²) < 4.78 is 1.05. The van der Waals surface area contributed by atoms with Crippen molar-refractivity contribution in [2.24, 2.45) is 0 Å². The Morgan fingerprint density at radius 2 is 1.89 bits per heavy atom. The summed E-state index contributed by atoms with van der Waals surface area (Å²) >= 11 is 9.25. The van der Waals surface area contributed by atoms with E-state index in [1.807, 2.05) is 37.3 Å². The molecule has 1 atom stereocenters. The molecule has 2 aromatic carbocycles. The maximum Gasteiger partial charge on any atom is 0.0962 e. The third-order valence-corrected chi connectivity index (χ3v) is 3.67. The van der Waals surface area contributed by atoms with Crippen LogP contribution in [0.2, 0.25) is 5.02 Å². The minimum absolute atomic E-state index is 0.462. The maximum absolute atomic E-state index is 10.1. The molecule has 0 aromatic heterocycles. The van der Waals surface area contributed by atoms with E-state index >= 15 is 0 Å². The second-order valence-corrected chi connectivity index (χ2v) is 5.76. The van der Waals surface area contributed by atoms with Gasteiger partial charge in [0.05, 0.1) is 6.10 Å². The standard InChI is InChI=1S/C15H15BrClNO/c1-10-8-12(16)4-7-14(10)18-9-15(19)11-2-5-13(17)6-3-11/h2-8,15,18-19H,9H2,1H3. The van der Waals surface area contributed by atoms with Gasteiger partial charge in [-0.15, -0.1) is 0 Å². The molecule has 2 N–H and O–H groups in total. The molecule has 2 nitrogen and oxygen atoms in total. The monoisotopic (exact) mass is 339 g/mol. The van der Waals surface area contributed by atoms with Crippen LogP contribution in [-0.4, -0.2) is 11.7 Å². The molecule has 4 heteroatoms. The number of halogens is 2. The molecule has 0 aliphatic rings. The number of aliphatic hydroxyl groups is 1. The summed E-state index contributed by atoms with van der Waals surface area (Å²) in [6.07, 6.45) is -0.555. The first kappa shape index (κ1) is 14.4. The molecule has 0 bridgehead atoms. The lowest BCUT2D eigenvalue weighted by atomic mass is 10.1. The van der Waals surface area contributed by atoms with Gasteiger partial charge in [0.1, 0.15) is 0 Å². The fraction of sp³-hybridized carbons (Fsp3) is 0.200. The number of benzene rings is 2. The first-order valence-electron chi connectivity index (χ1n) is 6.00. The molecule has 2 rings (SSSR count). The van der Waals surface area contributed by atoms with E-state index in [2.05, 4.69) is 21.2 Å². The van der Waals surface area contributed by atoms with Gasteiger partial charge >= 0.3 is 0 Å². The summed E-state index contributed by atoms with van der Waals surface area (Å²) in [5, 5.41) is 14.0. The molecule has 0 fully saturated rings. The zero-order valence-corrected chi connectivity index (χ0v) is 12.9. The van der Waals surface area contributed by atoms with E-state index in [0.29, 0.717) is 11.6 Å². The third-order valence-electron chi connectivity index (χ3n) is 2.93. The third kappa shape index (κ3) is 3.96. The van der Waals surface area contributed by atoms with Gasteiger partial charge in [0.2, 0.25) is 0 Å². The van der Waals surface area contributed by atoms with Gasteiger partial charge in [-0.25, -0.2) is 0 Å². The van der Waals surface area contributed by atoms with E-state index in [-0.39, 0.29) is 0 Å². The number of rotatable bonds is 4. The van der Waals surface area contributed by atoms with E-state index in [1.165, 1.54) is 0 Å². The lowest BCUT2D eigenvalue weighted by molar-refractivity contribution is 0.191. The van der Waals surface area contributed by atoms with Crippen molar-refractivity contribution in [1.82, 2.24) is 0 Å². The summed E-state index contributed by atoms with van der Waals surface area (Å²) in [5.41, 5.74) is 3.01. The summed E-state index contributed by atoms with van der Waals surface area (Å²) in [6.45, 7) is 2.49. The average molecular weight is 341 g/mol. The van der Waals surface area contributed by atoms with E-state index in [1.54, 1.807) is 12.1 Å². The van der Waals surface area contributed by atoms with Gasteiger partial charge in [0.25, 0.3) is 0 Å². The van der Waals surface area contributed by atoms with Crippen molar-refractivity contribution in [2.45, 2.75) is 13.0 Å². The van der Waals surface area contributed by atoms with Gasteiger partial charge < -0.3 is 10.4 Å². The first-order chi connectivity index (χ1) is 9.06. The van der Waals surface area contributed by atoms with Crippen molar-refractivity contribution in [1.29, 1.82) is 0 Å². The zero-order chi connectivity index (χ0) is 13.8. The predicted molar refractivity (Wildman–Crippen MR) is 83.8 cm³/mol. The van der Waals surface area contributed by atoms with Crippen LogP contribution in [0.3, 0.4) is 0 Å². The van der Waals surface area contributed by atoms with Crippen LogP contribution in [-0.2, 0) is 0 Å². The normalized spacial score (nSPS) is 12.2. The molecule has 0 heterocycles. The average Bonchev–Trinajstić information content (AvgIpc) is 2.38. The second-order valence-electron chi connectivity index (χ2n) is 4.41. The first-order valence-corrected chi connectivity index (χ1v) is 7.17. The number of aryl methyl sites for hydroxylation is 1. The Morgan fingerprint density at radius 3 is 2.53 bits per heavy atom. The zero-order valence-electron chi connectivity index (χ0n) is 10.5. The number of hydrogen-bond donors (Lipinski definition) is 2. The van der Waals surface area contributed by atoms with Crippen LogP contribution in [0.15, 0.2) is 46.9 Å². The molecule has 0 amide bonds. The van der Waals surface area contributed by atoms with Crippen LogP contribution < -0.4 is 5.32 Å². The lowest BCUT2D eigenvalue weighted by Gasteiger charge is -2.15. The van der Waals surface area contributed by atoms with Crippen molar-refractivity contribution < 1.29 is 5.11 Å². The number of aliphatic hydroxyl groups excluding tert-OH is 1. The molecule has 100 valence electrons. The highest BCUT2D eigenvalue weighted by molar-refractivity contribution is 9.10. The van der Waals surface area contributed by atoms with Crippen molar-refractivity contribution in [2.75, 3.05) is 11.9 Å². The second kappa shape index (κ2) is 6.42. The molecule has 0 aliphatic heterocycles. The number of anilines is 1. The minimum atomic E-state index is -0.555. The number of hydrogen-bond acceptors (Lipinski definition) is 2. The molecule has 19 heavy (non-hydrogen) atoms. The Kier molecular flexibility index (Phi) is 4.86. The quantitative estimate of drug-likeness (QED) is 0.855. The molecule has 0 saturated carbocycles. The Balaban J connectivity index is 2.00. The maximum atomic E-state index is 10.1. The topological polar surface area (TPSA) is 32.3 Å². The van der Waals surface area contributed by atoms with Gasteiger partial charge in [-0.05, 0) is 48.4 Å². The summed E-state index contributed by atoms with van der Waals surface area (Å²) in [5.74, 6) is 0. The Morgan fingerprint density at radius 1 is 1.21 bits per heavy atom. The van der Waals surface area contributed by atoms with Crippen LogP contribution in [0, 0.1) is 6.92 Å². The van der Waals surface area contributed by atoms with Crippen molar-refractivity contribution in [3.8, 4) is 0 Å². The smallest absolute Gasteiger partial charge is 0.0962 e. The van der Waals surface area contributed by atoms with Crippen LogP contribution in [0.5, 0.6) is 0 Å². The molecule has 0 aliphatic carbocycles. The van der Waals surface area contributed by atoms with E-state index in [4.69, 9.17) is 11.6 Å². The van der Waals surface area contributed by atoms with Crippen molar-refractivity contribution in [3.63, 3.8) is 0 Å². The predicted octanol–water partition coefficient (Wildman–Crippen LogP) is 4.56. The molecular formula is C15H15BrClNO. The highest BCUT2D eigenvalue weighted by Gasteiger charge is 2.08. The highest BCUT2D eigenvalue weighted by Crippen LogP contribution is 2.22. The van der Waals surface area contributed by atoms with Crippen molar-refractivity contribution >= 4 is 33.2 Å². The van der Waals surface area contributed by atoms with E-state index in [9.17, 15) is 5.11 Å². The van der Waals surface area contributed by atoms with Crippen LogP contribution in [0.25, 0.3) is 0 Å². The molecule has 0 spiro atoms. The van der Waals surface area contributed by atoms with E-state index in [0.717, 1.165) is 21.3 Å².